The van der Waals surface area contributed by atoms with Gasteiger partial charge < -0.3 is 20.1 Å². The van der Waals surface area contributed by atoms with Gasteiger partial charge in [0.2, 0.25) is 0 Å². The number of nitriles is 2. The van der Waals surface area contributed by atoms with Crippen molar-refractivity contribution in [2.24, 2.45) is 0 Å². The number of nitrogens with one attached hydrogen (secondary N) is 2. The maximum atomic E-state index is 14.3. The Hall–Kier alpha value is -6.51. The fourth-order valence-electron chi connectivity index (χ4n) is 9.52. The van der Waals surface area contributed by atoms with E-state index in [9.17, 15) is 15.3 Å². The van der Waals surface area contributed by atoms with E-state index in [1.54, 1.807) is 12.1 Å². The Morgan fingerprint density at radius 2 is 1.11 bits per heavy atom. The molecule has 0 amide bonds. The number of carbonyl (C=O) groups is 1. The van der Waals surface area contributed by atoms with Gasteiger partial charge in [0.15, 0.2) is 5.60 Å². The largest absolute Gasteiger partial charge is 0.456 e. The Labute approximate surface area is 379 Å². The molecule has 7 nitrogen and oxygen atoms in total. The van der Waals surface area contributed by atoms with Crippen LogP contribution < -0.4 is 15.4 Å². The van der Waals surface area contributed by atoms with Crippen LogP contribution in [0.25, 0.3) is 22.3 Å². The van der Waals surface area contributed by atoms with Crippen molar-refractivity contribution in [1.29, 1.82) is 10.5 Å². The van der Waals surface area contributed by atoms with E-state index in [4.69, 9.17) is 32.7 Å². The third kappa shape index (κ3) is 7.40. The van der Waals surface area contributed by atoms with Crippen molar-refractivity contribution >= 4 is 62.8 Å². The molecule has 5 aromatic rings. The van der Waals surface area contributed by atoms with E-state index in [-0.39, 0.29) is 10.0 Å². The molecule has 0 fully saturated rings. The predicted molar refractivity (Wildman–Crippen MR) is 254 cm³/mol. The quantitative estimate of drug-likeness (QED) is 0.0730. The minimum atomic E-state index is -1.49. The number of para-hydroxylation sites is 2. The van der Waals surface area contributed by atoms with Gasteiger partial charge in [-0.25, -0.2) is 4.79 Å². The molecule has 0 unspecified atom stereocenters. The maximum Gasteiger partial charge on any atom is 0.340 e. The molecule has 0 aliphatic carbocycles. The number of hydrogen-bond acceptors (Lipinski definition) is 7. The first-order valence-corrected chi connectivity index (χ1v) is 22.7. The molecule has 4 aliphatic heterocycles. The number of esters is 1. The molecule has 0 bridgehead atoms. The average molecular weight is 870 g/mol. The molecule has 2 N–H and O–H groups in total. The monoisotopic (exact) mass is 868 g/mol. The highest BCUT2D eigenvalue weighted by atomic mass is 35.5. The van der Waals surface area contributed by atoms with Gasteiger partial charge in [0.05, 0.1) is 26.8 Å². The zero-order valence-corrected chi connectivity index (χ0v) is 36.9. The van der Waals surface area contributed by atoms with Crippen molar-refractivity contribution in [1.82, 2.24) is 0 Å². The molecular formula is C54H46Cl2N4O3. The summed E-state index contributed by atoms with van der Waals surface area (Å²) in [7, 11) is 0. The third-order valence-electron chi connectivity index (χ3n) is 12.6. The summed E-state index contributed by atoms with van der Waals surface area (Å²) in [4.78, 5) is 14.3. The summed E-state index contributed by atoms with van der Waals surface area (Å²) < 4.78 is 13.8. The van der Waals surface area contributed by atoms with Crippen molar-refractivity contribution in [3.63, 3.8) is 0 Å². The summed E-state index contributed by atoms with van der Waals surface area (Å²) >= 11 is 13.5. The van der Waals surface area contributed by atoms with Crippen LogP contribution in [0.4, 0.5) is 11.4 Å². The van der Waals surface area contributed by atoms with E-state index in [0.717, 1.165) is 107 Å². The van der Waals surface area contributed by atoms with Crippen LogP contribution in [0, 0.1) is 22.7 Å². The fraction of sp³-hybridized carbons (Fsp3) is 0.241. The van der Waals surface area contributed by atoms with Gasteiger partial charge in [-0.05, 0) is 109 Å². The number of benzene rings is 5. The standard InChI is InChI=1S/C54H46Cl2N4O3/c1-3-5-7-9-15-33-25-45-51(28-39(33)42(31-57)35-21-23-59-49-19-13-11-17-37(35)49)62-52-29-40(43(32-58)36-22-24-60-50-20-14-12-18-38(36)50)34(16-10-8-6-4-2)26-46(52)54(45)44-30-48(56)47(55)27-41(44)53(61)63-54/h11-14,17-30,59-60H,3-10,15-16H2,1-2H3/b42-35+,43-36+. The lowest BCUT2D eigenvalue weighted by molar-refractivity contribution is 0.0223. The second-order valence-electron chi connectivity index (χ2n) is 16.5. The first-order chi connectivity index (χ1) is 30.8. The fourth-order valence-corrected chi connectivity index (χ4v) is 9.84. The first-order valence-electron chi connectivity index (χ1n) is 21.9. The van der Waals surface area contributed by atoms with Crippen molar-refractivity contribution < 1.29 is 14.3 Å². The molecule has 0 atom stereocenters. The van der Waals surface area contributed by atoms with Gasteiger partial charge in [-0.3, -0.25) is 0 Å². The molecule has 0 aromatic heterocycles. The summed E-state index contributed by atoms with van der Waals surface area (Å²) in [6, 6.07) is 32.4. The highest BCUT2D eigenvalue weighted by Crippen LogP contribution is 2.59. The van der Waals surface area contributed by atoms with Crippen molar-refractivity contribution in [3.8, 4) is 23.6 Å². The van der Waals surface area contributed by atoms with Crippen LogP contribution in [0.3, 0.4) is 0 Å². The number of allylic oxidation sites excluding steroid dienone is 6. The molecule has 63 heavy (non-hydrogen) atoms. The molecule has 0 saturated heterocycles. The summed E-state index contributed by atoms with van der Waals surface area (Å²) in [5.74, 6) is 0.332. The summed E-state index contributed by atoms with van der Waals surface area (Å²) in [5.41, 5.74) is 10.3. The van der Waals surface area contributed by atoms with Gasteiger partial charge in [0, 0.05) is 62.7 Å². The molecule has 1 spiro atoms. The number of nitrogens with zero attached hydrogens (tertiary/aromatic N) is 2. The van der Waals surface area contributed by atoms with E-state index < -0.39 is 11.6 Å². The lowest BCUT2D eigenvalue weighted by Crippen LogP contribution is -2.33. The van der Waals surface area contributed by atoms with Crippen LogP contribution in [-0.2, 0) is 23.2 Å². The van der Waals surface area contributed by atoms with E-state index in [1.807, 2.05) is 85.2 Å². The molecule has 5 aromatic carbocycles. The molecular weight excluding hydrogens is 824 g/mol. The van der Waals surface area contributed by atoms with Gasteiger partial charge in [-0.2, -0.15) is 10.5 Å². The third-order valence-corrected chi connectivity index (χ3v) is 13.3. The van der Waals surface area contributed by atoms with Gasteiger partial charge in [0.1, 0.15) is 23.6 Å². The molecule has 0 saturated carbocycles. The van der Waals surface area contributed by atoms with E-state index in [0.29, 0.717) is 57.7 Å². The number of aryl methyl sites for hydroxylation is 2. The van der Waals surface area contributed by atoms with Crippen LogP contribution in [0.5, 0.6) is 11.5 Å². The average Bonchev–Trinajstić information content (AvgIpc) is 3.58. The number of anilines is 2. The van der Waals surface area contributed by atoms with Crippen LogP contribution in [0.1, 0.15) is 126 Å². The Morgan fingerprint density at radius 1 is 0.619 bits per heavy atom. The van der Waals surface area contributed by atoms with E-state index >= 15 is 0 Å². The van der Waals surface area contributed by atoms with Crippen LogP contribution in [0.2, 0.25) is 10.0 Å². The van der Waals surface area contributed by atoms with Gasteiger partial charge in [-0.1, -0.05) is 112 Å². The Bertz CT molecular complexity index is 2750. The normalized spacial score (nSPS) is 16.2. The second kappa shape index (κ2) is 17.7. The van der Waals surface area contributed by atoms with Gasteiger partial charge in [-0.15, -0.1) is 0 Å². The lowest BCUT2D eigenvalue weighted by atomic mass is 9.74. The van der Waals surface area contributed by atoms with Crippen molar-refractivity contribution in [2.75, 3.05) is 10.6 Å². The number of hydrogen-bond donors (Lipinski definition) is 2. The highest BCUT2D eigenvalue weighted by Gasteiger charge is 2.54. The zero-order valence-electron chi connectivity index (χ0n) is 35.3. The van der Waals surface area contributed by atoms with Gasteiger partial charge in [0.25, 0.3) is 0 Å². The summed E-state index contributed by atoms with van der Waals surface area (Å²) in [6.45, 7) is 4.37. The molecule has 9 rings (SSSR count). The van der Waals surface area contributed by atoms with Crippen LogP contribution >= 0.6 is 23.2 Å². The van der Waals surface area contributed by atoms with Crippen LogP contribution in [0.15, 0.2) is 109 Å². The summed E-state index contributed by atoms with van der Waals surface area (Å²) in [6.07, 6.45) is 17.1. The molecule has 314 valence electrons. The Morgan fingerprint density at radius 3 is 1.60 bits per heavy atom. The second-order valence-corrected chi connectivity index (χ2v) is 17.3. The maximum absolute atomic E-state index is 14.3. The van der Waals surface area contributed by atoms with E-state index in [1.165, 1.54) is 0 Å². The number of ether oxygens (including phenoxy) is 2. The zero-order chi connectivity index (χ0) is 43.7. The number of rotatable bonds is 12. The summed E-state index contributed by atoms with van der Waals surface area (Å²) in [5, 5.41) is 29.4. The van der Waals surface area contributed by atoms with Gasteiger partial charge >= 0.3 is 5.97 Å². The van der Waals surface area contributed by atoms with Crippen molar-refractivity contribution in [3.05, 3.63) is 175 Å². The number of carbonyl (C=O) groups excluding carboxylic acids is 1. The first kappa shape index (κ1) is 41.8. The Balaban J connectivity index is 1.33. The minimum Gasteiger partial charge on any atom is -0.456 e. The molecule has 0 radical (unpaired) electrons. The van der Waals surface area contributed by atoms with Crippen molar-refractivity contribution in [2.45, 2.75) is 83.7 Å². The lowest BCUT2D eigenvalue weighted by Gasteiger charge is -2.38. The smallest absolute Gasteiger partial charge is 0.340 e. The number of fused-ring (bicyclic) bond motifs is 8. The predicted octanol–water partition coefficient (Wildman–Crippen LogP) is 14.6. The molecule has 9 heteroatoms. The highest BCUT2D eigenvalue weighted by molar-refractivity contribution is 6.42. The molecule has 4 heterocycles. The SMILES string of the molecule is CCCCCCc1cc2c(cc1/C(C#N)=C1\C=CNc3ccccc31)Oc1cc(/C(C#N)=C3\C=CNc4ccccc43)c(CCCCCC)cc1C21OC(=O)c2cc(Cl)c(Cl)cc21. The Kier molecular flexibility index (Phi) is 11.7. The van der Waals surface area contributed by atoms with Crippen LogP contribution in [-0.4, -0.2) is 5.97 Å². The number of halogens is 2. The minimum absolute atomic E-state index is 0.247. The van der Waals surface area contributed by atoms with E-state index in [2.05, 4.69) is 48.8 Å². The topological polar surface area (TPSA) is 107 Å². The molecule has 4 aliphatic rings. The number of unbranched alkanes of at least 4 members (excludes halogenated alkanes) is 6.